The van der Waals surface area contributed by atoms with Crippen LogP contribution in [0.3, 0.4) is 0 Å². The Morgan fingerprint density at radius 3 is 2.59 bits per heavy atom. The SMILES string of the molecule is NC(=O)c1ccc(N2CCCCC2)c(NC(=O)/C=C/c2cn(Cc3ccccc3)nn2)c1. The number of hydrogen-bond acceptors (Lipinski definition) is 5. The van der Waals surface area contributed by atoms with Gasteiger partial charge in [0.1, 0.15) is 5.69 Å². The Balaban J connectivity index is 1.45. The normalized spacial score (nSPS) is 13.9. The lowest BCUT2D eigenvalue weighted by Crippen LogP contribution is -2.30. The average molecular weight is 431 g/mol. The van der Waals surface area contributed by atoms with Crippen LogP contribution in [-0.4, -0.2) is 39.9 Å². The van der Waals surface area contributed by atoms with E-state index in [4.69, 9.17) is 5.73 Å². The fourth-order valence-corrected chi connectivity index (χ4v) is 3.77. The molecule has 8 nitrogen and oxygen atoms in total. The Hall–Kier alpha value is -3.94. The van der Waals surface area contributed by atoms with Gasteiger partial charge in [0.05, 0.1) is 24.1 Å². The summed E-state index contributed by atoms with van der Waals surface area (Å²) in [7, 11) is 0. The molecule has 0 aliphatic carbocycles. The van der Waals surface area contributed by atoms with Crippen LogP contribution < -0.4 is 16.0 Å². The highest BCUT2D eigenvalue weighted by atomic mass is 16.1. The molecule has 1 aromatic heterocycles. The number of aromatic nitrogens is 3. The maximum Gasteiger partial charge on any atom is 0.248 e. The van der Waals surface area contributed by atoms with E-state index in [0.717, 1.165) is 37.2 Å². The fourth-order valence-electron chi connectivity index (χ4n) is 3.77. The van der Waals surface area contributed by atoms with Crippen molar-refractivity contribution in [2.45, 2.75) is 25.8 Å². The Morgan fingerprint density at radius 2 is 1.84 bits per heavy atom. The van der Waals surface area contributed by atoms with E-state index >= 15 is 0 Å². The molecular weight excluding hydrogens is 404 g/mol. The first-order valence-corrected chi connectivity index (χ1v) is 10.7. The topological polar surface area (TPSA) is 106 Å². The van der Waals surface area contributed by atoms with Gasteiger partial charge in [0.25, 0.3) is 0 Å². The summed E-state index contributed by atoms with van der Waals surface area (Å²) >= 11 is 0. The number of anilines is 2. The van der Waals surface area contributed by atoms with E-state index < -0.39 is 5.91 Å². The van der Waals surface area contributed by atoms with Crippen molar-refractivity contribution in [1.82, 2.24) is 15.0 Å². The molecule has 2 amide bonds. The number of nitrogens with two attached hydrogens (primary N) is 1. The first-order valence-electron chi connectivity index (χ1n) is 10.7. The van der Waals surface area contributed by atoms with E-state index in [1.165, 1.54) is 12.5 Å². The molecule has 3 aromatic rings. The smallest absolute Gasteiger partial charge is 0.248 e. The minimum absolute atomic E-state index is 0.317. The summed E-state index contributed by atoms with van der Waals surface area (Å²) in [6.45, 7) is 2.44. The zero-order valence-corrected chi connectivity index (χ0v) is 17.8. The molecule has 164 valence electrons. The molecule has 1 aliphatic heterocycles. The maximum absolute atomic E-state index is 12.6. The molecule has 3 N–H and O–H groups in total. The van der Waals surface area contributed by atoms with Crippen LogP contribution in [0.25, 0.3) is 6.08 Å². The second kappa shape index (κ2) is 9.91. The number of amides is 2. The molecule has 0 spiro atoms. The van der Waals surface area contributed by atoms with Gasteiger partial charge in [-0.25, -0.2) is 4.68 Å². The van der Waals surface area contributed by atoms with E-state index in [1.807, 2.05) is 36.4 Å². The lowest BCUT2D eigenvalue weighted by molar-refractivity contribution is -0.111. The third kappa shape index (κ3) is 5.40. The number of carbonyl (C=O) groups is 2. The second-order valence-electron chi connectivity index (χ2n) is 7.79. The predicted molar refractivity (Wildman–Crippen MR) is 124 cm³/mol. The quantitative estimate of drug-likeness (QED) is 0.561. The van der Waals surface area contributed by atoms with Gasteiger partial charge in [0.2, 0.25) is 11.8 Å². The van der Waals surface area contributed by atoms with Crippen molar-refractivity contribution in [2.75, 3.05) is 23.3 Å². The molecule has 2 heterocycles. The number of nitrogens with zero attached hydrogens (tertiary/aromatic N) is 4. The summed E-state index contributed by atoms with van der Waals surface area (Å²) in [4.78, 5) is 26.5. The summed E-state index contributed by atoms with van der Waals surface area (Å²) in [5.41, 5.74) is 8.96. The lowest BCUT2D eigenvalue weighted by atomic mass is 10.1. The molecule has 0 bridgehead atoms. The van der Waals surface area contributed by atoms with Crippen LogP contribution in [0.5, 0.6) is 0 Å². The molecule has 0 unspecified atom stereocenters. The summed E-state index contributed by atoms with van der Waals surface area (Å²) in [6, 6.07) is 15.1. The second-order valence-corrected chi connectivity index (χ2v) is 7.79. The van der Waals surface area contributed by atoms with Crippen LogP contribution in [-0.2, 0) is 11.3 Å². The summed E-state index contributed by atoms with van der Waals surface area (Å²) in [5.74, 6) is -0.848. The van der Waals surface area contributed by atoms with Gasteiger partial charge in [-0.05, 0) is 49.1 Å². The van der Waals surface area contributed by atoms with Crippen molar-refractivity contribution in [3.63, 3.8) is 0 Å². The molecule has 1 saturated heterocycles. The number of benzene rings is 2. The van der Waals surface area contributed by atoms with Gasteiger partial charge in [0.15, 0.2) is 0 Å². The number of nitrogens with one attached hydrogen (secondary N) is 1. The predicted octanol–water partition coefficient (Wildman–Crippen LogP) is 3.07. The van der Waals surface area contributed by atoms with Gasteiger partial charge in [-0.1, -0.05) is 35.5 Å². The minimum atomic E-state index is -0.531. The molecule has 1 aliphatic rings. The van der Waals surface area contributed by atoms with E-state index in [2.05, 4.69) is 20.5 Å². The molecule has 0 saturated carbocycles. The van der Waals surface area contributed by atoms with Crippen LogP contribution in [0, 0.1) is 0 Å². The Labute approximate surface area is 186 Å². The van der Waals surface area contributed by atoms with Gasteiger partial charge in [-0.3, -0.25) is 9.59 Å². The highest BCUT2D eigenvalue weighted by Crippen LogP contribution is 2.29. The fraction of sp³-hybridized carbons (Fsp3) is 0.250. The van der Waals surface area contributed by atoms with Gasteiger partial charge in [-0.15, -0.1) is 5.10 Å². The van der Waals surface area contributed by atoms with E-state index in [1.54, 1.807) is 29.1 Å². The summed E-state index contributed by atoms with van der Waals surface area (Å²) < 4.78 is 1.72. The third-order valence-electron chi connectivity index (χ3n) is 5.38. The Bertz CT molecular complexity index is 1120. The number of primary amides is 1. The van der Waals surface area contributed by atoms with E-state index in [9.17, 15) is 9.59 Å². The lowest BCUT2D eigenvalue weighted by Gasteiger charge is -2.30. The first-order chi connectivity index (χ1) is 15.6. The van der Waals surface area contributed by atoms with Crippen LogP contribution in [0.15, 0.2) is 60.8 Å². The third-order valence-corrected chi connectivity index (χ3v) is 5.38. The minimum Gasteiger partial charge on any atom is -0.370 e. The summed E-state index contributed by atoms with van der Waals surface area (Å²) in [6.07, 6.45) is 8.21. The average Bonchev–Trinajstić information content (AvgIpc) is 3.26. The number of carbonyl (C=O) groups excluding carboxylic acids is 2. The molecule has 0 radical (unpaired) electrons. The van der Waals surface area contributed by atoms with Crippen molar-refractivity contribution < 1.29 is 9.59 Å². The molecule has 8 heteroatoms. The van der Waals surface area contributed by atoms with Crippen molar-refractivity contribution in [3.8, 4) is 0 Å². The van der Waals surface area contributed by atoms with Crippen molar-refractivity contribution >= 4 is 29.3 Å². The number of rotatable bonds is 7. The molecule has 2 aromatic carbocycles. The van der Waals surface area contributed by atoms with Crippen LogP contribution in [0.4, 0.5) is 11.4 Å². The highest BCUT2D eigenvalue weighted by molar-refractivity contribution is 6.05. The molecule has 1 fully saturated rings. The maximum atomic E-state index is 12.6. The van der Waals surface area contributed by atoms with Gasteiger partial charge >= 0.3 is 0 Å². The monoisotopic (exact) mass is 430 g/mol. The largest absolute Gasteiger partial charge is 0.370 e. The first kappa shape index (κ1) is 21.3. The van der Waals surface area contributed by atoms with Crippen LogP contribution in [0.2, 0.25) is 0 Å². The zero-order chi connectivity index (χ0) is 22.3. The van der Waals surface area contributed by atoms with Crippen LogP contribution >= 0.6 is 0 Å². The number of piperidine rings is 1. The van der Waals surface area contributed by atoms with Gasteiger partial charge in [-0.2, -0.15) is 0 Å². The van der Waals surface area contributed by atoms with Gasteiger partial charge in [0, 0.05) is 24.7 Å². The Morgan fingerprint density at radius 1 is 1.06 bits per heavy atom. The molecule has 32 heavy (non-hydrogen) atoms. The van der Waals surface area contributed by atoms with Crippen molar-refractivity contribution in [1.29, 1.82) is 0 Å². The van der Waals surface area contributed by atoms with Crippen LogP contribution in [0.1, 0.15) is 40.9 Å². The standard InChI is InChI=1S/C24H26N6O2/c25-24(32)19-9-11-22(29-13-5-2-6-14-29)21(15-19)26-23(31)12-10-20-17-30(28-27-20)16-18-7-3-1-4-8-18/h1,3-4,7-12,15,17H,2,5-6,13-14,16H2,(H2,25,32)(H,26,31)/b12-10+. The molecular formula is C24H26N6O2. The van der Waals surface area contributed by atoms with Crippen molar-refractivity contribution in [3.05, 3.63) is 77.6 Å². The zero-order valence-electron chi connectivity index (χ0n) is 17.8. The molecule has 4 rings (SSSR count). The van der Waals surface area contributed by atoms with E-state index in [-0.39, 0.29) is 5.91 Å². The van der Waals surface area contributed by atoms with Crippen molar-refractivity contribution in [2.24, 2.45) is 5.73 Å². The molecule has 0 atom stereocenters. The van der Waals surface area contributed by atoms with E-state index in [0.29, 0.717) is 23.5 Å². The van der Waals surface area contributed by atoms with Gasteiger partial charge < -0.3 is 16.0 Å². The Kier molecular flexibility index (Phi) is 6.60. The number of hydrogen-bond donors (Lipinski definition) is 2. The summed E-state index contributed by atoms with van der Waals surface area (Å²) in [5, 5.41) is 11.1. The highest BCUT2D eigenvalue weighted by Gasteiger charge is 2.17.